The van der Waals surface area contributed by atoms with E-state index in [1.54, 1.807) is 51.1 Å². The van der Waals surface area contributed by atoms with Gasteiger partial charge in [-0.15, -0.1) is 5.10 Å². The maximum absolute atomic E-state index is 13.7. The van der Waals surface area contributed by atoms with E-state index < -0.39 is 46.9 Å². The van der Waals surface area contributed by atoms with Gasteiger partial charge in [-0.25, -0.2) is 14.5 Å². The number of carbonyl (C=O) groups is 3. The molecule has 1 fully saturated rings. The summed E-state index contributed by atoms with van der Waals surface area (Å²) in [5, 5.41) is 20.6. The number of hydrogen-bond acceptors (Lipinski definition) is 8. The van der Waals surface area contributed by atoms with Gasteiger partial charge in [0.05, 0.1) is 29.4 Å². The van der Waals surface area contributed by atoms with Crippen molar-refractivity contribution in [2.45, 2.75) is 50.3 Å². The van der Waals surface area contributed by atoms with E-state index >= 15 is 0 Å². The third-order valence-corrected chi connectivity index (χ3v) is 7.69. The Morgan fingerprint density at radius 1 is 1.11 bits per heavy atom. The molecule has 230 valence electrons. The Labute approximate surface area is 247 Å². The summed E-state index contributed by atoms with van der Waals surface area (Å²) in [5.74, 6) is -0.664. The van der Waals surface area contributed by atoms with Crippen LogP contribution in [0.5, 0.6) is 5.75 Å². The summed E-state index contributed by atoms with van der Waals surface area (Å²) in [7, 11) is 2.81. The summed E-state index contributed by atoms with van der Waals surface area (Å²) >= 11 is 0. The molecule has 0 radical (unpaired) electrons. The molecule has 2 aromatic carbocycles. The van der Waals surface area contributed by atoms with Crippen LogP contribution in [-0.4, -0.2) is 55.5 Å². The lowest BCUT2D eigenvalue weighted by molar-refractivity contribution is -0.140. The summed E-state index contributed by atoms with van der Waals surface area (Å²) in [4.78, 5) is 39.6. The van der Waals surface area contributed by atoms with Gasteiger partial charge in [-0.2, -0.15) is 23.0 Å². The van der Waals surface area contributed by atoms with Crippen molar-refractivity contribution >= 4 is 46.2 Å². The monoisotopic (exact) mass is 612 g/mol. The van der Waals surface area contributed by atoms with Gasteiger partial charge in [0.1, 0.15) is 11.4 Å². The molecule has 1 saturated carbocycles. The number of alkyl halides is 3. The summed E-state index contributed by atoms with van der Waals surface area (Å²) in [6, 6.07) is 9.62. The van der Waals surface area contributed by atoms with E-state index in [9.17, 15) is 32.7 Å². The second kappa shape index (κ2) is 9.46. The zero-order valence-electron chi connectivity index (χ0n) is 24.2. The number of carbonyl (C=O) groups excluding carboxylic acids is 2. The molecule has 0 saturated heterocycles. The van der Waals surface area contributed by atoms with Crippen molar-refractivity contribution in [1.29, 1.82) is 0 Å². The fourth-order valence-electron chi connectivity index (χ4n) is 5.81. The summed E-state index contributed by atoms with van der Waals surface area (Å²) in [6.45, 7) is 4.98. The fraction of sp³-hybridized carbons (Fsp3) is 0.345. The highest BCUT2D eigenvalue weighted by Gasteiger charge is 2.68. The Bertz CT molecular complexity index is 1870. The first-order chi connectivity index (χ1) is 20.5. The lowest BCUT2D eigenvalue weighted by Gasteiger charge is -2.19. The number of ether oxygens (including phenoxy) is 2. The van der Waals surface area contributed by atoms with Gasteiger partial charge in [-0.05, 0) is 68.7 Å². The Morgan fingerprint density at radius 2 is 1.84 bits per heavy atom. The number of amides is 2. The van der Waals surface area contributed by atoms with Gasteiger partial charge in [0.2, 0.25) is 5.91 Å². The van der Waals surface area contributed by atoms with Crippen molar-refractivity contribution < 1.29 is 42.1 Å². The second-order valence-electron chi connectivity index (χ2n) is 11.7. The first-order valence-electron chi connectivity index (χ1n) is 13.4. The topological polar surface area (TPSA) is 141 Å². The number of benzene rings is 2. The van der Waals surface area contributed by atoms with Gasteiger partial charge in [0.25, 0.3) is 0 Å². The van der Waals surface area contributed by atoms with Crippen LogP contribution < -0.4 is 15.0 Å². The van der Waals surface area contributed by atoms with Crippen LogP contribution in [0.1, 0.15) is 49.9 Å². The molecule has 2 aromatic heterocycles. The van der Waals surface area contributed by atoms with Crippen molar-refractivity contribution in [3.8, 4) is 5.75 Å². The van der Waals surface area contributed by atoms with Gasteiger partial charge in [-0.1, -0.05) is 6.07 Å². The molecule has 3 heterocycles. The van der Waals surface area contributed by atoms with Crippen LogP contribution in [0.4, 0.5) is 40.0 Å². The van der Waals surface area contributed by atoms with Crippen molar-refractivity contribution in [3.05, 3.63) is 59.4 Å². The minimum absolute atomic E-state index is 0.0505. The number of nitrogens with one attached hydrogen (secondary N) is 1. The molecule has 2 N–H and O–H groups in total. The molecule has 1 aliphatic heterocycles. The predicted molar refractivity (Wildman–Crippen MR) is 150 cm³/mol. The molecule has 2 amide bonds. The first-order valence-corrected chi connectivity index (χ1v) is 13.4. The number of nitrogens with zero attached hydrogens (tertiary/aromatic N) is 5. The Morgan fingerprint density at radius 3 is 2.48 bits per heavy atom. The van der Waals surface area contributed by atoms with Gasteiger partial charge in [-0.3, -0.25) is 9.48 Å². The lowest BCUT2D eigenvalue weighted by atomic mass is 9.91. The number of aryl methyl sites for hydroxylation is 1. The van der Waals surface area contributed by atoms with Crippen molar-refractivity contribution in [1.82, 2.24) is 19.6 Å². The smallest absolute Gasteiger partial charge is 0.437 e. The van der Waals surface area contributed by atoms with Gasteiger partial charge in [0, 0.05) is 24.5 Å². The summed E-state index contributed by atoms with van der Waals surface area (Å²) in [5.41, 5.74) is -2.04. The van der Waals surface area contributed by atoms with Crippen molar-refractivity contribution in [3.63, 3.8) is 0 Å². The molecular formula is C29H27F3N6O6. The minimum Gasteiger partial charge on any atom is -0.497 e. The molecule has 2 aliphatic rings. The largest absolute Gasteiger partial charge is 0.497 e. The van der Waals surface area contributed by atoms with E-state index in [1.165, 1.54) is 20.2 Å². The lowest BCUT2D eigenvalue weighted by Crippen LogP contribution is -2.36. The number of fused-ring (bicyclic) bond motifs is 3. The normalized spacial score (nSPS) is 19.4. The van der Waals surface area contributed by atoms with Crippen LogP contribution in [-0.2, 0) is 28.2 Å². The Balaban J connectivity index is 1.46. The van der Waals surface area contributed by atoms with Crippen LogP contribution >= 0.6 is 0 Å². The number of aromatic nitrogens is 4. The van der Waals surface area contributed by atoms with E-state index in [4.69, 9.17) is 9.47 Å². The van der Waals surface area contributed by atoms with E-state index in [2.05, 4.69) is 15.5 Å². The van der Waals surface area contributed by atoms with E-state index in [0.717, 1.165) is 20.5 Å². The van der Waals surface area contributed by atoms with Crippen LogP contribution in [0.15, 0.2) is 42.6 Å². The average molecular weight is 613 g/mol. The zero-order valence-corrected chi connectivity index (χ0v) is 24.2. The number of hydrogen-bond donors (Lipinski definition) is 2. The highest BCUT2D eigenvalue weighted by atomic mass is 19.4. The molecule has 1 aliphatic carbocycles. The Hall–Kier alpha value is -5.08. The molecule has 1 spiro atoms. The minimum atomic E-state index is -4.75. The van der Waals surface area contributed by atoms with Gasteiger partial charge in [0.15, 0.2) is 11.5 Å². The SMILES string of the molecule is COc1ccc2c(c1)[C@]1(C[C@H]1c1ccc3c(Nc4cn(C)nc4C(F)(F)F)nn(C(=O)OC(C)(C)C)c3c1)C(=O)N2C(=O)O. The molecule has 0 unspecified atom stereocenters. The molecule has 0 bridgehead atoms. The number of halogens is 3. The van der Waals surface area contributed by atoms with Crippen molar-refractivity contribution in [2.24, 2.45) is 7.05 Å². The molecule has 6 rings (SSSR count). The highest BCUT2D eigenvalue weighted by Crippen LogP contribution is 2.67. The van der Waals surface area contributed by atoms with Crippen LogP contribution in [0.3, 0.4) is 0 Å². The third kappa shape index (κ3) is 4.50. The molecule has 15 heteroatoms. The van der Waals surface area contributed by atoms with E-state index in [0.29, 0.717) is 22.3 Å². The van der Waals surface area contributed by atoms with Crippen LogP contribution in [0.25, 0.3) is 10.9 Å². The molecule has 2 atom stereocenters. The van der Waals surface area contributed by atoms with E-state index in [-0.39, 0.29) is 29.1 Å². The predicted octanol–water partition coefficient (Wildman–Crippen LogP) is 5.77. The van der Waals surface area contributed by atoms with Crippen LogP contribution in [0, 0.1) is 0 Å². The number of imide groups is 1. The van der Waals surface area contributed by atoms with Gasteiger partial charge >= 0.3 is 18.4 Å². The average Bonchev–Trinajstić information content (AvgIpc) is 3.30. The first kappa shape index (κ1) is 29.0. The standard InChI is InChI=1S/C29H27F3N6O6/c1-27(2,3)44-26(42)38-21-10-14(6-8-16(21)23(35-38)33-19-13-36(4)34-22(19)29(30,31)32)18-12-28(18)17-11-15(43-5)7-9-20(17)37(24(28)39)25(40)41/h6-11,13,18H,12H2,1-5H3,(H,33,35)(H,40,41)/t18-,28-/m0/s1. The second-order valence-corrected chi connectivity index (χ2v) is 11.7. The van der Waals surface area contributed by atoms with Crippen molar-refractivity contribution in [2.75, 3.05) is 17.3 Å². The summed E-state index contributed by atoms with van der Waals surface area (Å²) in [6.07, 6.45) is -5.60. The van der Waals surface area contributed by atoms with E-state index in [1.807, 2.05) is 0 Å². The highest BCUT2D eigenvalue weighted by molar-refractivity contribution is 6.22. The molecule has 44 heavy (non-hydrogen) atoms. The number of rotatable bonds is 4. The maximum atomic E-state index is 13.7. The number of anilines is 3. The summed E-state index contributed by atoms with van der Waals surface area (Å²) < 4.78 is 53.8. The van der Waals surface area contributed by atoms with Gasteiger partial charge < -0.3 is 19.9 Å². The quantitative estimate of drug-likeness (QED) is 0.294. The number of methoxy groups -OCH3 is 1. The molecular weight excluding hydrogens is 585 g/mol. The zero-order chi connectivity index (χ0) is 31.9. The third-order valence-electron chi connectivity index (χ3n) is 7.69. The number of carboxylic acid groups (broad SMARTS) is 1. The molecule has 12 nitrogen and oxygen atoms in total. The maximum Gasteiger partial charge on any atom is 0.437 e. The molecule has 4 aromatic rings. The Kier molecular flexibility index (Phi) is 6.24. The fourth-order valence-corrected chi connectivity index (χ4v) is 5.81. The van der Waals surface area contributed by atoms with Crippen LogP contribution in [0.2, 0.25) is 0 Å².